The highest BCUT2D eigenvalue weighted by Gasteiger charge is 2.47. The third-order valence-corrected chi connectivity index (χ3v) is 5.58. The Morgan fingerprint density at radius 1 is 1.52 bits per heavy atom. The van der Waals surface area contributed by atoms with Crippen LogP contribution in [0.1, 0.15) is 43.9 Å². The number of carbonyl (C=O) groups is 1. The summed E-state index contributed by atoms with van der Waals surface area (Å²) in [6.45, 7) is 2.09. The third kappa shape index (κ3) is 2.11. The molecule has 112 valence electrons. The van der Waals surface area contributed by atoms with Crippen LogP contribution in [0.2, 0.25) is 5.02 Å². The molecular formula is C16H17BrClNO2. The summed E-state index contributed by atoms with van der Waals surface area (Å²) < 4.78 is 0.969. The molecule has 0 fully saturated rings. The summed E-state index contributed by atoms with van der Waals surface area (Å²) in [5.41, 5.74) is 2.02. The van der Waals surface area contributed by atoms with E-state index in [1.165, 1.54) is 0 Å². The molecule has 0 amide bonds. The first-order valence-electron chi connectivity index (χ1n) is 7.23. The SMILES string of the molecule is CCCCC1(C(=O)O)CCc2c1[nH]c1c(Cl)ccc(Br)c21. The average molecular weight is 371 g/mol. The van der Waals surface area contributed by atoms with Gasteiger partial charge in [0.1, 0.15) is 5.41 Å². The lowest BCUT2D eigenvalue weighted by molar-refractivity contribution is -0.144. The fraction of sp³-hybridized carbons (Fsp3) is 0.438. The maximum Gasteiger partial charge on any atom is 0.315 e. The largest absolute Gasteiger partial charge is 0.481 e. The van der Waals surface area contributed by atoms with Crippen LogP contribution in [0.5, 0.6) is 0 Å². The summed E-state index contributed by atoms with van der Waals surface area (Å²) in [4.78, 5) is 15.3. The Bertz CT molecular complexity index is 725. The molecule has 3 nitrogen and oxygen atoms in total. The van der Waals surface area contributed by atoms with Gasteiger partial charge in [0.05, 0.1) is 10.5 Å². The molecule has 1 aromatic carbocycles. The van der Waals surface area contributed by atoms with Crippen molar-refractivity contribution in [3.8, 4) is 0 Å². The first-order chi connectivity index (χ1) is 10.0. The van der Waals surface area contributed by atoms with Crippen molar-refractivity contribution in [1.82, 2.24) is 4.98 Å². The van der Waals surface area contributed by atoms with Gasteiger partial charge in [-0.3, -0.25) is 4.79 Å². The van der Waals surface area contributed by atoms with Crippen LogP contribution >= 0.6 is 27.5 Å². The topological polar surface area (TPSA) is 53.1 Å². The molecule has 0 saturated heterocycles. The molecule has 1 atom stereocenters. The molecule has 0 saturated carbocycles. The number of aryl methyl sites for hydroxylation is 1. The third-order valence-electron chi connectivity index (χ3n) is 4.60. The van der Waals surface area contributed by atoms with Crippen LogP contribution in [0.4, 0.5) is 0 Å². The van der Waals surface area contributed by atoms with E-state index < -0.39 is 11.4 Å². The number of H-pyrrole nitrogens is 1. The van der Waals surface area contributed by atoms with Gasteiger partial charge in [0.25, 0.3) is 0 Å². The van der Waals surface area contributed by atoms with E-state index in [0.717, 1.165) is 45.9 Å². The van der Waals surface area contributed by atoms with E-state index in [1.807, 2.05) is 12.1 Å². The van der Waals surface area contributed by atoms with Gasteiger partial charge in [-0.25, -0.2) is 0 Å². The first-order valence-corrected chi connectivity index (χ1v) is 8.41. The normalized spacial score (nSPS) is 20.9. The molecule has 5 heteroatoms. The van der Waals surface area contributed by atoms with Gasteiger partial charge in [0.15, 0.2) is 0 Å². The van der Waals surface area contributed by atoms with Crippen molar-refractivity contribution >= 4 is 44.4 Å². The Morgan fingerprint density at radius 3 is 2.95 bits per heavy atom. The minimum Gasteiger partial charge on any atom is -0.481 e. The monoisotopic (exact) mass is 369 g/mol. The molecule has 0 aliphatic heterocycles. The highest BCUT2D eigenvalue weighted by Crippen LogP contribution is 2.48. The standard InChI is InChI=1S/C16H17BrClNO2/c1-2-3-7-16(15(20)21)8-6-9-12-10(17)4-5-11(18)13(12)19-14(9)16/h4-5,19H,2-3,6-8H2,1H3,(H,20,21). The van der Waals surface area contributed by atoms with Gasteiger partial charge in [-0.05, 0) is 37.0 Å². The number of rotatable bonds is 4. The molecule has 1 heterocycles. The summed E-state index contributed by atoms with van der Waals surface area (Å²) in [7, 11) is 0. The predicted molar refractivity (Wildman–Crippen MR) is 88.2 cm³/mol. The molecular weight excluding hydrogens is 354 g/mol. The summed E-state index contributed by atoms with van der Waals surface area (Å²) in [5.74, 6) is -0.728. The fourth-order valence-corrected chi connectivity index (χ4v) is 4.24. The Labute approximate surface area is 136 Å². The van der Waals surface area contributed by atoms with Gasteiger partial charge in [0, 0.05) is 15.6 Å². The van der Waals surface area contributed by atoms with E-state index in [1.54, 1.807) is 0 Å². The summed E-state index contributed by atoms with van der Waals surface area (Å²) in [5, 5.41) is 11.5. The lowest BCUT2D eigenvalue weighted by Crippen LogP contribution is -2.34. The Morgan fingerprint density at radius 2 is 2.29 bits per heavy atom. The maximum atomic E-state index is 12.0. The zero-order valence-electron chi connectivity index (χ0n) is 11.8. The number of hydrogen-bond acceptors (Lipinski definition) is 1. The Balaban J connectivity index is 2.24. The number of unbranched alkanes of at least 4 members (excludes halogenated alkanes) is 1. The van der Waals surface area contributed by atoms with Gasteiger partial charge in [0.2, 0.25) is 0 Å². The molecule has 1 aromatic heterocycles. The van der Waals surface area contributed by atoms with E-state index in [4.69, 9.17) is 11.6 Å². The summed E-state index contributed by atoms with van der Waals surface area (Å²) >= 11 is 9.84. The second-order valence-corrected chi connectivity index (χ2v) is 7.01. The quantitative estimate of drug-likeness (QED) is 0.792. The maximum absolute atomic E-state index is 12.0. The lowest BCUT2D eigenvalue weighted by atomic mass is 9.80. The van der Waals surface area contributed by atoms with Crippen LogP contribution in [-0.4, -0.2) is 16.1 Å². The number of halogens is 2. The number of aliphatic carboxylic acids is 1. The summed E-state index contributed by atoms with van der Waals surface area (Å²) in [6.07, 6.45) is 4.03. The van der Waals surface area contributed by atoms with E-state index in [-0.39, 0.29) is 0 Å². The van der Waals surface area contributed by atoms with Gasteiger partial charge in [-0.15, -0.1) is 0 Å². The van der Waals surface area contributed by atoms with Crippen LogP contribution in [0.3, 0.4) is 0 Å². The molecule has 0 radical (unpaired) electrons. The van der Waals surface area contributed by atoms with Crippen molar-refractivity contribution in [3.63, 3.8) is 0 Å². The molecule has 1 aliphatic rings. The Kier molecular flexibility index (Phi) is 3.78. The highest BCUT2D eigenvalue weighted by molar-refractivity contribution is 9.10. The van der Waals surface area contributed by atoms with Gasteiger partial charge < -0.3 is 10.1 Å². The lowest BCUT2D eigenvalue weighted by Gasteiger charge is -2.24. The highest BCUT2D eigenvalue weighted by atomic mass is 79.9. The average Bonchev–Trinajstić information content (AvgIpc) is 2.99. The minimum absolute atomic E-state index is 0.636. The van der Waals surface area contributed by atoms with Crippen LogP contribution in [0.15, 0.2) is 16.6 Å². The number of aromatic nitrogens is 1. The van der Waals surface area contributed by atoms with Crippen LogP contribution in [-0.2, 0) is 16.6 Å². The molecule has 0 bridgehead atoms. The summed E-state index contributed by atoms with van der Waals surface area (Å²) in [6, 6.07) is 3.75. The van der Waals surface area contributed by atoms with Crippen molar-refractivity contribution in [3.05, 3.63) is 32.9 Å². The molecule has 0 spiro atoms. The fourth-order valence-electron chi connectivity index (χ4n) is 3.47. The van der Waals surface area contributed by atoms with E-state index in [9.17, 15) is 9.90 Å². The van der Waals surface area contributed by atoms with Crippen molar-refractivity contribution in [2.24, 2.45) is 0 Å². The predicted octanol–water partition coefficient (Wildman–Crippen LogP) is 5.04. The van der Waals surface area contributed by atoms with Gasteiger partial charge in [-0.1, -0.05) is 47.3 Å². The van der Waals surface area contributed by atoms with E-state index in [0.29, 0.717) is 17.9 Å². The number of hydrogen-bond donors (Lipinski definition) is 2. The number of fused-ring (bicyclic) bond motifs is 3. The van der Waals surface area contributed by atoms with E-state index in [2.05, 4.69) is 27.8 Å². The second kappa shape index (κ2) is 5.33. The molecule has 2 aromatic rings. The Hall–Kier alpha value is -1.000. The zero-order valence-corrected chi connectivity index (χ0v) is 14.1. The van der Waals surface area contributed by atoms with Crippen LogP contribution < -0.4 is 0 Å². The number of carboxylic acid groups (broad SMARTS) is 1. The second-order valence-electron chi connectivity index (χ2n) is 5.75. The first kappa shape index (κ1) is 14.9. The van der Waals surface area contributed by atoms with Crippen LogP contribution in [0, 0.1) is 0 Å². The van der Waals surface area contributed by atoms with Gasteiger partial charge in [-0.2, -0.15) is 0 Å². The van der Waals surface area contributed by atoms with Crippen molar-refractivity contribution in [2.75, 3.05) is 0 Å². The van der Waals surface area contributed by atoms with E-state index >= 15 is 0 Å². The molecule has 2 N–H and O–H groups in total. The zero-order chi connectivity index (χ0) is 15.2. The van der Waals surface area contributed by atoms with Gasteiger partial charge >= 0.3 is 5.97 Å². The van der Waals surface area contributed by atoms with Crippen molar-refractivity contribution < 1.29 is 9.90 Å². The van der Waals surface area contributed by atoms with Crippen molar-refractivity contribution in [1.29, 1.82) is 0 Å². The number of benzene rings is 1. The van der Waals surface area contributed by atoms with Crippen LogP contribution in [0.25, 0.3) is 10.9 Å². The smallest absolute Gasteiger partial charge is 0.315 e. The van der Waals surface area contributed by atoms with Crippen molar-refractivity contribution in [2.45, 2.75) is 44.4 Å². The molecule has 3 rings (SSSR count). The number of aromatic amines is 1. The molecule has 1 aliphatic carbocycles. The number of nitrogens with one attached hydrogen (secondary N) is 1. The molecule has 1 unspecified atom stereocenters. The number of carboxylic acids is 1. The minimum atomic E-state index is -0.785. The molecule has 21 heavy (non-hydrogen) atoms.